The van der Waals surface area contributed by atoms with Crippen LogP contribution in [-0.2, 0) is 16.1 Å². The van der Waals surface area contributed by atoms with Crippen molar-refractivity contribution in [1.29, 1.82) is 0 Å². The predicted molar refractivity (Wildman–Crippen MR) is 121 cm³/mol. The molecule has 0 saturated carbocycles. The number of nitrogens with zero attached hydrogens (tertiary/aromatic N) is 2. The number of urea groups is 1. The summed E-state index contributed by atoms with van der Waals surface area (Å²) in [5, 5.41) is 5.08. The van der Waals surface area contributed by atoms with Crippen LogP contribution in [0.1, 0.15) is 12.5 Å². The van der Waals surface area contributed by atoms with Gasteiger partial charge < -0.3 is 19.7 Å². The number of imide groups is 1. The average molecular weight is 453 g/mol. The predicted octanol–water partition coefficient (Wildman–Crippen LogP) is 1.39. The molecule has 9 nitrogen and oxygen atoms in total. The lowest BCUT2D eigenvalue weighted by molar-refractivity contribution is -0.143. The molecular formula is C24H28N4O5. The molecule has 33 heavy (non-hydrogen) atoms. The lowest BCUT2D eigenvalue weighted by Gasteiger charge is -2.39. The lowest BCUT2D eigenvalue weighted by Crippen LogP contribution is -2.58. The summed E-state index contributed by atoms with van der Waals surface area (Å²) in [6.45, 7) is 4.26. The Labute approximate surface area is 192 Å². The van der Waals surface area contributed by atoms with Crippen LogP contribution >= 0.6 is 0 Å². The Morgan fingerprint density at radius 3 is 2.36 bits per heavy atom. The van der Waals surface area contributed by atoms with Crippen molar-refractivity contribution in [3.63, 3.8) is 0 Å². The zero-order valence-corrected chi connectivity index (χ0v) is 18.5. The van der Waals surface area contributed by atoms with E-state index in [0.29, 0.717) is 44.2 Å². The van der Waals surface area contributed by atoms with Crippen LogP contribution in [0.25, 0.3) is 0 Å². The van der Waals surface area contributed by atoms with Crippen molar-refractivity contribution in [3.8, 4) is 11.5 Å². The summed E-state index contributed by atoms with van der Waals surface area (Å²) < 4.78 is 11.5. The third kappa shape index (κ3) is 5.61. The highest BCUT2D eigenvalue weighted by Gasteiger charge is 2.34. The number of piperazine rings is 1. The molecule has 2 aliphatic heterocycles. The zero-order valence-electron chi connectivity index (χ0n) is 18.5. The van der Waals surface area contributed by atoms with Gasteiger partial charge >= 0.3 is 6.03 Å². The number of fused-ring (bicyclic) bond motifs is 1. The summed E-state index contributed by atoms with van der Waals surface area (Å²) in [7, 11) is 0. The molecule has 4 rings (SSSR count). The lowest BCUT2D eigenvalue weighted by atomic mass is 10.2. The fourth-order valence-electron chi connectivity index (χ4n) is 3.88. The highest BCUT2D eigenvalue weighted by Crippen LogP contribution is 2.31. The van der Waals surface area contributed by atoms with E-state index in [1.807, 2.05) is 53.4 Å². The third-order valence-electron chi connectivity index (χ3n) is 5.87. The standard InChI is InChI=1S/C24H28N4O5/c1-17(22(29)26-24(31)25-15-18-7-3-2-4-8-18)27-11-13-28(14-12-27)23(30)21-16-32-19-9-5-6-10-20(19)33-21/h2-10,17,21H,11-16H2,1H3,(H2,25,26,29,31)/t17-,21+/m1/s1. The van der Waals surface area contributed by atoms with E-state index in [9.17, 15) is 14.4 Å². The number of para-hydroxylation sites is 2. The molecule has 2 aromatic rings. The van der Waals surface area contributed by atoms with Crippen LogP contribution in [0.15, 0.2) is 54.6 Å². The number of nitrogens with one attached hydrogen (secondary N) is 2. The average Bonchev–Trinajstić information content (AvgIpc) is 2.87. The number of carbonyl (C=O) groups excluding carboxylic acids is 3. The van der Waals surface area contributed by atoms with E-state index >= 15 is 0 Å². The van der Waals surface area contributed by atoms with Crippen molar-refractivity contribution >= 4 is 17.8 Å². The number of hydrogen-bond acceptors (Lipinski definition) is 6. The smallest absolute Gasteiger partial charge is 0.321 e. The van der Waals surface area contributed by atoms with E-state index in [2.05, 4.69) is 10.6 Å². The first-order valence-corrected chi connectivity index (χ1v) is 11.0. The Morgan fingerprint density at radius 2 is 1.64 bits per heavy atom. The summed E-state index contributed by atoms with van der Waals surface area (Å²) in [4.78, 5) is 41.2. The molecule has 0 bridgehead atoms. The molecule has 2 aromatic carbocycles. The molecule has 0 aromatic heterocycles. The number of rotatable bonds is 5. The van der Waals surface area contributed by atoms with Crippen molar-refractivity contribution in [2.45, 2.75) is 25.6 Å². The van der Waals surface area contributed by atoms with Gasteiger partial charge in [-0.1, -0.05) is 42.5 Å². The largest absolute Gasteiger partial charge is 0.485 e. The van der Waals surface area contributed by atoms with Crippen LogP contribution in [0.5, 0.6) is 11.5 Å². The van der Waals surface area contributed by atoms with Crippen molar-refractivity contribution in [2.75, 3.05) is 32.8 Å². The zero-order chi connectivity index (χ0) is 23.2. The monoisotopic (exact) mass is 452 g/mol. The van der Waals surface area contributed by atoms with Gasteiger partial charge in [0.05, 0.1) is 6.04 Å². The molecule has 9 heteroatoms. The number of carbonyl (C=O) groups is 3. The summed E-state index contributed by atoms with van der Waals surface area (Å²) in [6, 6.07) is 15.7. The molecule has 0 unspecified atom stereocenters. The van der Waals surface area contributed by atoms with Crippen molar-refractivity contribution in [1.82, 2.24) is 20.4 Å². The Balaban J connectivity index is 1.21. The van der Waals surface area contributed by atoms with Gasteiger partial charge in [0.2, 0.25) is 12.0 Å². The second-order valence-corrected chi connectivity index (χ2v) is 8.06. The normalized spacial score (nSPS) is 18.8. The highest BCUT2D eigenvalue weighted by molar-refractivity contribution is 5.96. The van der Waals surface area contributed by atoms with Crippen LogP contribution in [0.4, 0.5) is 4.79 Å². The quantitative estimate of drug-likeness (QED) is 0.711. The van der Waals surface area contributed by atoms with Gasteiger partial charge in [0.1, 0.15) is 6.61 Å². The molecule has 174 valence electrons. The fraction of sp³-hybridized carbons (Fsp3) is 0.375. The first kappa shape index (κ1) is 22.6. The van der Waals surface area contributed by atoms with E-state index in [4.69, 9.17) is 9.47 Å². The Hall–Kier alpha value is -3.59. The molecule has 2 N–H and O–H groups in total. The Bertz CT molecular complexity index is 991. The maximum absolute atomic E-state index is 12.9. The van der Waals surface area contributed by atoms with Gasteiger partial charge in [0.15, 0.2) is 11.5 Å². The van der Waals surface area contributed by atoms with Gasteiger partial charge in [0, 0.05) is 32.7 Å². The number of benzene rings is 2. The Kier molecular flexibility index (Phi) is 7.09. The van der Waals surface area contributed by atoms with Crippen molar-refractivity contribution in [3.05, 3.63) is 60.2 Å². The molecule has 2 aliphatic rings. The molecule has 1 saturated heterocycles. The molecule has 0 spiro atoms. The van der Waals surface area contributed by atoms with E-state index in [1.165, 1.54) is 0 Å². The SMILES string of the molecule is C[C@H](C(=O)NC(=O)NCc1ccccc1)N1CCN(C(=O)[C@@H]2COc3ccccc3O2)CC1. The minimum absolute atomic E-state index is 0.124. The number of amides is 4. The maximum Gasteiger partial charge on any atom is 0.321 e. The summed E-state index contributed by atoms with van der Waals surface area (Å²) in [5.41, 5.74) is 0.949. The number of ether oxygens (including phenoxy) is 2. The summed E-state index contributed by atoms with van der Waals surface area (Å²) in [6.07, 6.45) is -0.680. The van der Waals surface area contributed by atoms with Crippen molar-refractivity contribution in [2.24, 2.45) is 0 Å². The third-order valence-corrected chi connectivity index (χ3v) is 5.87. The van der Waals surface area contributed by atoms with Gasteiger partial charge in [-0.15, -0.1) is 0 Å². The van der Waals surface area contributed by atoms with Gasteiger partial charge in [-0.3, -0.25) is 19.8 Å². The van der Waals surface area contributed by atoms with Gasteiger partial charge in [-0.25, -0.2) is 4.79 Å². The second-order valence-electron chi connectivity index (χ2n) is 8.06. The van der Waals surface area contributed by atoms with Gasteiger partial charge in [-0.05, 0) is 24.6 Å². The molecule has 0 aliphatic carbocycles. The molecule has 1 fully saturated rings. The van der Waals surface area contributed by atoms with Crippen LogP contribution in [-0.4, -0.2) is 72.6 Å². The van der Waals surface area contributed by atoms with E-state index < -0.39 is 18.2 Å². The van der Waals surface area contributed by atoms with E-state index in [0.717, 1.165) is 5.56 Å². The van der Waals surface area contributed by atoms with Crippen LogP contribution in [0, 0.1) is 0 Å². The van der Waals surface area contributed by atoms with Gasteiger partial charge in [-0.2, -0.15) is 0 Å². The first-order valence-electron chi connectivity index (χ1n) is 11.0. The second kappa shape index (κ2) is 10.4. The molecule has 4 amide bonds. The molecule has 2 heterocycles. The first-order chi connectivity index (χ1) is 16.0. The molecule has 2 atom stereocenters. The highest BCUT2D eigenvalue weighted by atomic mass is 16.6. The molecular weight excluding hydrogens is 424 g/mol. The minimum atomic E-state index is -0.680. The summed E-state index contributed by atoms with van der Waals surface area (Å²) >= 11 is 0. The van der Waals surface area contributed by atoms with E-state index in [-0.39, 0.29) is 18.4 Å². The topological polar surface area (TPSA) is 100 Å². The maximum atomic E-state index is 12.9. The minimum Gasteiger partial charge on any atom is -0.485 e. The van der Waals surface area contributed by atoms with Crippen LogP contribution in [0.3, 0.4) is 0 Å². The fourth-order valence-corrected chi connectivity index (χ4v) is 3.88. The summed E-state index contributed by atoms with van der Waals surface area (Å²) in [5.74, 6) is 0.707. The van der Waals surface area contributed by atoms with Crippen molar-refractivity contribution < 1.29 is 23.9 Å². The van der Waals surface area contributed by atoms with E-state index in [1.54, 1.807) is 17.9 Å². The molecule has 0 radical (unpaired) electrons. The van der Waals surface area contributed by atoms with Crippen LogP contribution < -0.4 is 20.1 Å². The van der Waals surface area contributed by atoms with Crippen LogP contribution in [0.2, 0.25) is 0 Å². The Morgan fingerprint density at radius 1 is 0.970 bits per heavy atom. The number of hydrogen-bond donors (Lipinski definition) is 2. The van der Waals surface area contributed by atoms with Gasteiger partial charge in [0.25, 0.3) is 5.91 Å².